The number of benzene rings is 2. The molecule has 0 atom stereocenters. The summed E-state index contributed by atoms with van der Waals surface area (Å²) >= 11 is 0. The maximum atomic E-state index is 5.59. The number of nitrogens with one attached hydrogen (secondary N) is 1. The molecule has 108 valence electrons. The Morgan fingerprint density at radius 1 is 1.10 bits per heavy atom. The number of para-hydroxylation sites is 2. The van der Waals surface area contributed by atoms with Crippen molar-refractivity contribution < 1.29 is 0 Å². The predicted molar refractivity (Wildman–Crippen MR) is 87.4 cm³/mol. The highest BCUT2D eigenvalue weighted by molar-refractivity contribution is 5.78. The lowest BCUT2D eigenvalue weighted by molar-refractivity contribution is 0.827. The quantitative estimate of drug-likeness (QED) is 0.569. The van der Waals surface area contributed by atoms with E-state index in [1.54, 1.807) is 0 Å². The molecule has 0 bridgehead atoms. The van der Waals surface area contributed by atoms with Gasteiger partial charge in [0.25, 0.3) is 0 Å². The topological polar surface area (TPSA) is 59.1 Å². The third-order valence-electron chi connectivity index (χ3n) is 3.58. The van der Waals surface area contributed by atoms with E-state index in [4.69, 9.17) is 5.84 Å². The normalized spacial score (nSPS) is 10.8. The first-order chi connectivity index (χ1) is 10.2. The maximum absolute atomic E-state index is 5.59. The fourth-order valence-corrected chi connectivity index (χ4v) is 2.43. The Morgan fingerprint density at radius 3 is 2.48 bits per heavy atom. The summed E-state index contributed by atoms with van der Waals surface area (Å²) in [7, 11) is 4.07. The van der Waals surface area contributed by atoms with Gasteiger partial charge in [-0.15, -0.1) is 0 Å². The highest BCUT2D eigenvalue weighted by Gasteiger charge is 2.09. The number of nitrogens with zero attached hydrogens (tertiary/aromatic N) is 3. The number of anilines is 2. The molecule has 0 radical (unpaired) electrons. The Bertz CT molecular complexity index is 743. The maximum Gasteiger partial charge on any atom is 0.218 e. The standard InChI is InChI=1S/C16H19N5/c1-20(2)13-9-7-12(8-10-13)11-21-15-6-4-3-5-14(15)18-16(21)19-17/h3-10H,11,17H2,1-2H3,(H,18,19). The van der Waals surface area contributed by atoms with Crippen LogP contribution in [0.1, 0.15) is 5.56 Å². The minimum atomic E-state index is 0.674. The number of hydrogen-bond acceptors (Lipinski definition) is 4. The molecule has 1 aromatic heterocycles. The molecular weight excluding hydrogens is 262 g/mol. The number of fused-ring (bicyclic) bond motifs is 1. The molecule has 3 aromatic rings. The molecule has 0 aliphatic rings. The van der Waals surface area contributed by atoms with Crippen LogP contribution in [0.5, 0.6) is 0 Å². The molecule has 0 amide bonds. The highest BCUT2D eigenvalue weighted by Crippen LogP contribution is 2.21. The van der Waals surface area contributed by atoms with Crippen LogP contribution in [0.2, 0.25) is 0 Å². The fourth-order valence-electron chi connectivity index (χ4n) is 2.43. The minimum absolute atomic E-state index is 0.674. The Labute approximate surface area is 124 Å². The molecular formula is C16H19N5. The van der Waals surface area contributed by atoms with Gasteiger partial charge in [0.2, 0.25) is 5.95 Å². The third-order valence-corrected chi connectivity index (χ3v) is 3.58. The molecule has 2 aromatic carbocycles. The van der Waals surface area contributed by atoms with Gasteiger partial charge in [-0.3, -0.25) is 5.43 Å². The molecule has 0 saturated carbocycles. The van der Waals surface area contributed by atoms with Gasteiger partial charge in [-0.05, 0) is 29.8 Å². The molecule has 5 nitrogen and oxygen atoms in total. The van der Waals surface area contributed by atoms with Crippen LogP contribution in [0.4, 0.5) is 11.6 Å². The van der Waals surface area contributed by atoms with Crippen LogP contribution >= 0.6 is 0 Å². The summed E-state index contributed by atoms with van der Waals surface area (Å²) in [4.78, 5) is 6.58. The highest BCUT2D eigenvalue weighted by atomic mass is 15.3. The van der Waals surface area contributed by atoms with Crippen LogP contribution in [0, 0.1) is 0 Å². The summed E-state index contributed by atoms with van der Waals surface area (Å²) in [6.07, 6.45) is 0. The van der Waals surface area contributed by atoms with E-state index in [2.05, 4.69) is 50.2 Å². The number of rotatable bonds is 4. The van der Waals surface area contributed by atoms with Gasteiger partial charge in [0, 0.05) is 19.8 Å². The molecule has 0 unspecified atom stereocenters. The van der Waals surface area contributed by atoms with E-state index in [0.29, 0.717) is 5.95 Å². The van der Waals surface area contributed by atoms with E-state index in [9.17, 15) is 0 Å². The van der Waals surface area contributed by atoms with Gasteiger partial charge >= 0.3 is 0 Å². The van der Waals surface area contributed by atoms with E-state index in [-0.39, 0.29) is 0 Å². The lowest BCUT2D eigenvalue weighted by Crippen LogP contribution is -2.14. The van der Waals surface area contributed by atoms with Gasteiger partial charge < -0.3 is 9.47 Å². The van der Waals surface area contributed by atoms with Crippen molar-refractivity contribution in [1.29, 1.82) is 0 Å². The molecule has 5 heteroatoms. The molecule has 1 heterocycles. The van der Waals surface area contributed by atoms with Gasteiger partial charge in [-0.2, -0.15) is 0 Å². The first-order valence-corrected chi connectivity index (χ1v) is 6.87. The largest absolute Gasteiger partial charge is 0.378 e. The monoisotopic (exact) mass is 281 g/mol. The van der Waals surface area contributed by atoms with E-state index in [0.717, 1.165) is 17.6 Å². The summed E-state index contributed by atoms with van der Waals surface area (Å²) in [5, 5.41) is 0. The van der Waals surface area contributed by atoms with Crippen molar-refractivity contribution in [3.8, 4) is 0 Å². The van der Waals surface area contributed by atoms with Crippen molar-refractivity contribution in [2.24, 2.45) is 5.84 Å². The number of nitrogens with two attached hydrogens (primary N) is 1. The number of hydrazine groups is 1. The molecule has 21 heavy (non-hydrogen) atoms. The summed E-state index contributed by atoms with van der Waals surface area (Å²) in [5.41, 5.74) is 7.09. The summed E-state index contributed by atoms with van der Waals surface area (Å²) in [6.45, 7) is 0.730. The second-order valence-corrected chi connectivity index (χ2v) is 5.22. The molecule has 0 fully saturated rings. The van der Waals surface area contributed by atoms with E-state index < -0.39 is 0 Å². The van der Waals surface area contributed by atoms with Crippen molar-refractivity contribution in [1.82, 2.24) is 9.55 Å². The zero-order chi connectivity index (χ0) is 14.8. The Morgan fingerprint density at radius 2 is 1.81 bits per heavy atom. The smallest absolute Gasteiger partial charge is 0.218 e. The van der Waals surface area contributed by atoms with Crippen molar-refractivity contribution in [2.75, 3.05) is 24.4 Å². The predicted octanol–water partition coefficient (Wildman–Crippen LogP) is 2.44. The van der Waals surface area contributed by atoms with Crippen LogP contribution in [0.15, 0.2) is 48.5 Å². The van der Waals surface area contributed by atoms with Crippen molar-refractivity contribution >= 4 is 22.7 Å². The number of hydrogen-bond donors (Lipinski definition) is 2. The second kappa shape index (κ2) is 5.46. The molecule has 3 N–H and O–H groups in total. The van der Waals surface area contributed by atoms with Crippen LogP contribution in [-0.4, -0.2) is 23.6 Å². The second-order valence-electron chi connectivity index (χ2n) is 5.22. The molecule has 0 spiro atoms. The van der Waals surface area contributed by atoms with Gasteiger partial charge in [0.05, 0.1) is 17.6 Å². The van der Waals surface area contributed by atoms with Gasteiger partial charge in [-0.1, -0.05) is 24.3 Å². The van der Waals surface area contributed by atoms with Crippen LogP contribution < -0.4 is 16.2 Å². The first-order valence-electron chi connectivity index (χ1n) is 6.87. The van der Waals surface area contributed by atoms with Crippen molar-refractivity contribution in [3.63, 3.8) is 0 Å². The zero-order valence-corrected chi connectivity index (χ0v) is 12.2. The third kappa shape index (κ3) is 2.55. The van der Waals surface area contributed by atoms with Gasteiger partial charge in [0.1, 0.15) is 0 Å². The SMILES string of the molecule is CN(C)c1ccc(Cn2c(NN)nc3ccccc32)cc1. The minimum Gasteiger partial charge on any atom is -0.378 e. The van der Waals surface area contributed by atoms with E-state index >= 15 is 0 Å². The van der Waals surface area contributed by atoms with Crippen molar-refractivity contribution in [3.05, 3.63) is 54.1 Å². The average molecular weight is 281 g/mol. The van der Waals surface area contributed by atoms with Crippen LogP contribution in [0.3, 0.4) is 0 Å². The summed E-state index contributed by atoms with van der Waals surface area (Å²) in [5.74, 6) is 6.27. The van der Waals surface area contributed by atoms with Gasteiger partial charge in [0.15, 0.2) is 0 Å². The number of aromatic nitrogens is 2. The summed E-state index contributed by atoms with van der Waals surface area (Å²) < 4.78 is 2.08. The van der Waals surface area contributed by atoms with Crippen molar-refractivity contribution in [2.45, 2.75) is 6.54 Å². The first kappa shape index (κ1) is 13.5. The Hall–Kier alpha value is -2.53. The fraction of sp³-hybridized carbons (Fsp3) is 0.188. The Kier molecular flexibility index (Phi) is 3.50. The van der Waals surface area contributed by atoms with Crippen LogP contribution in [-0.2, 0) is 6.54 Å². The Balaban J connectivity index is 1.97. The molecule has 0 saturated heterocycles. The lowest BCUT2D eigenvalue weighted by Gasteiger charge is -2.13. The lowest BCUT2D eigenvalue weighted by atomic mass is 10.2. The molecule has 3 rings (SSSR count). The average Bonchev–Trinajstić information content (AvgIpc) is 2.86. The summed E-state index contributed by atoms with van der Waals surface area (Å²) in [6, 6.07) is 16.5. The molecule has 0 aliphatic heterocycles. The van der Waals surface area contributed by atoms with E-state index in [1.807, 2.05) is 32.3 Å². The molecule has 0 aliphatic carbocycles. The van der Waals surface area contributed by atoms with Crippen LogP contribution in [0.25, 0.3) is 11.0 Å². The zero-order valence-electron chi connectivity index (χ0n) is 12.2. The number of nitrogen functional groups attached to an aromatic ring is 1. The van der Waals surface area contributed by atoms with Gasteiger partial charge in [-0.25, -0.2) is 10.8 Å². The number of imidazole rings is 1. The van der Waals surface area contributed by atoms with E-state index in [1.165, 1.54) is 11.3 Å².